The standard InChI is InChI=1S/C15H23ClO2/c1-3-10-7-11(5-6-14(10)16)15-9-12(17)8-13(4-2)18-15/h5-6,10,12-13,15,17H,3-4,7-9H2,1-2H3. The van der Waals surface area contributed by atoms with Crippen LogP contribution < -0.4 is 0 Å². The van der Waals surface area contributed by atoms with Gasteiger partial charge in [0.1, 0.15) is 0 Å². The molecule has 0 bridgehead atoms. The summed E-state index contributed by atoms with van der Waals surface area (Å²) < 4.78 is 6.07. The van der Waals surface area contributed by atoms with Crippen LogP contribution in [0.1, 0.15) is 46.0 Å². The van der Waals surface area contributed by atoms with Crippen LogP contribution in [0.25, 0.3) is 0 Å². The molecule has 0 aromatic rings. The van der Waals surface area contributed by atoms with Gasteiger partial charge >= 0.3 is 0 Å². The number of rotatable bonds is 3. The molecular weight excluding hydrogens is 248 g/mol. The molecule has 4 atom stereocenters. The van der Waals surface area contributed by atoms with E-state index < -0.39 is 0 Å². The monoisotopic (exact) mass is 270 g/mol. The third-order valence-corrected chi connectivity index (χ3v) is 4.50. The fourth-order valence-corrected chi connectivity index (χ4v) is 3.14. The van der Waals surface area contributed by atoms with Gasteiger partial charge in [-0.3, -0.25) is 0 Å². The lowest BCUT2D eigenvalue weighted by Gasteiger charge is -2.36. The van der Waals surface area contributed by atoms with Crippen LogP contribution >= 0.6 is 11.6 Å². The zero-order valence-corrected chi connectivity index (χ0v) is 12.0. The Morgan fingerprint density at radius 3 is 2.72 bits per heavy atom. The number of ether oxygens (including phenoxy) is 1. The predicted octanol–water partition coefficient (Wildman–Crippen LogP) is 3.78. The smallest absolute Gasteiger partial charge is 0.0816 e. The Labute approximate surface area is 115 Å². The van der Waals surface area contributed by atoms with Crippen molar-refractivity contribution in [1.29, 1.82) is 0 Å². The van der Waals surface area contributed by atoms with Gasteiger partial charge in [-0.15, -0.1) is 0 Å². The van der Waals surface area contributed by atoms with Gasteiger partial charge < -0.3 is 9.84 Å². The molecule has 1 fully saturated rings. The number of hydrogen-bond donors (Lipinski definition) is 1. The van der Waals surface area contributed by atoms with Gasteiger partial charge in [-0.2, -0.15) is 0 Å². The first-order chi connectivity index (χ1) is 8.63. The van der Waals surface area contributed by atoms with Gasteiger partial charge in [-0.1, -0.05) is 31.5 Å². The van der Waals surface area contributed by atoms with Gasteiger partial charge in [0.2, 0.25) is 0 Å². The molecule has 4 unspecified atom stereocenters. The molecule has 102 valence electrons. The van der Waals surface area contributed by atoms with Crippen LogP contribution in [-0.4, -0.2) is 23.4 Å². The molecule has 0 radical (unpaired) electrons. The minimum Gasteiger partial charge on any atom is -0.393 e. The summed E-state index contributed by atoms with van der Waals surface area (Å²) in [6.07, 6.45) is 8.63. The van der Waals surface area contributed by atoms with Gasteiger partial charge in [-0.25, -0.2) is 0 Å². The number of halogens is 1. The molecule has 18 heavy (non-hydrogen) atoms. The summed E-state index contributed by atoms with van der Waals surface area (Å²) in [7, 11) is 0. The molecule has 0 saturated carbocycles. The highest BCUT2D eigenvalue weighted by Gasteiger charge is 2.31. The second-order valence-corrected chi connectivity index (χ2v) is 5.82. The number of hydrogen-bond acceptors (Lipinski definition) is 2. The fraction of sp³-hybridized carbons (Fsp3) is 0.733. The molecule has 2 rings (SSSR count). The Kier molecular flexibility index (Phi) is 4.88. The van der Waals surface area contributed by atoms with Crippen LogP contribution in [0, 0.1) is 5.92 Å². The minimum absolute atomic E-state index is 0.0776. The van der Waals surface area contributed by atoms with Crippen molar-refractivity contribution in [3.63, 3.8) is 0 Å². The van der Waals surface area contributed by atoms with Crippen molar-refractivity contribution < 1.29 is 9.84 Å². The van der Waals surface area contributed by atoms with Crippen LogP contribution in [0.15, 0.2) is 22.8 Å². The lowest BCUT2D eigenvalue weighted by Crippen LogP contribution is -2.37. The van der Waals surface area contributed by atoms with Gasteiger partial charge in [0.25, 0.3) is 0 Å². The molecule has 0 aromatic carbocycles. The second-order valence-electron chi connectivity index (χ2n) is 5.38. The highest BCUT2D eigenvalue weighted by Crippen LogP contribution is 2.36. The summed E-state index contributed by atoms with van der Waals surface area (Å²) in [5, 5.41) is 10.9. The molecule has 0 aromatic heterocycles. The van der Waals surface area contributed by atoms with E-state index in [1.807, 2.05) is 6.08 Å². The van der Waals surface area contributed by atoms with E-state index >= 15 is 0 Å². The van der Waals surface area contributed by atoms with Gasteiger partial charge in [0.05, 0.1) is 18.3 Å². The summed E-state index contributed by atoms with van der Waals surface area (Å²) in [4.78, 5) is 0. The van der Waals surface area contributed by atoms with E-state index in [1.54, 1.807) is 0 Å². The van der Waals surface area contributed by atoms with Gasteiger partial charge in [0, 0.05) is 11.5 Å². The average Bonchev–Trinajstić information content (AvgIpc) is 2.38. The Morgan fingerprint density at radius 1 is 1.28 bits per heavy atom. The average molecular weight is 271 g/mol. The highest BCUT2D eigenvalue weighted by atomic mass is 35.5. The van der Waals surface area contributed by atoms with Crippen molar-refractivity contribution in [3.05, 3.63) is 22.8 Å². The molecule has 1 heterocycles. The van der Waals surface area contributed by atoms with Crippen LogP contribution in [0.2, 0.25) is 0 Å². The minimum atomic E-state index is -0.226. The maximum Gasteiger partial charge on any atom is 0.0816 e. The van der Waals surface area contributed by atoms with Crippen molar-refractivity contribution in [2.75, 3.05) is 0 Å². The number of aliphatic hydroxyl groups is 1. The Morgan fingerprint density at radius 2 is 2.06 bits per heavy atom. The first-order valence-electron chi connectivity index (χ1n) is 7.03. The normalized spacial score (nSPS) is 37.1. The lowest BCUT2D eigenvalue weighted by atomic mass is 9.85. The Bertz CT molecular complexity index is 348. The molecule has 3 heteroatoms. The van der Waals surface area contributed by atoms with E-state index in [2.05, 4.69) is 19.9 Å². The van der Waals surface area contributed by atoms with Crippen molar-refractivity contribution in [1.82, 2.24) is 0 Å². The number of allylic oxidation sites excluding steroid dienone is 3. The summed E-state index contributed by atoms with van der Waals surface area (Å²) >= 11 is 6.20. The third kappa shape index (κ3) is 3.17. The molecule has 1 aliphatic carbocycles. The summed E-state index contributed by atoms with van der Waals surface area (Å²) in [6.45, 7) is 4.27. The quantitative estimate of drug-likeness (QED) is 0.846. The largest absolute Gasteiger partial charge is 0.393 e. The molecular formula is C15H23ClO2. The molecule has 0 spiro atoms. The van der Waals surface area contributed by atoms with Crippen LogP contribution in [0.4, 0.5) is 0 Å². The van der Waals surface area contributed by atoms with Crippen molar-refractivity contribution in [2.45, 2.75) is 64.3 Å². The second kappa shape index (κ2) is 6.23. The van der Waals surface area contributed by atoms with E-state index in [0.29, 0.717) is 5.92 Å². The molecule has 1 saturated heterocycles. The zero-order chi connectivity index (χ0) is 13.1. The van der Waals surface area contributed by atoms with Gasteiger partial charge in [-0.05, 0) is 43.3 Å². The third-order valence-electron chi connectivity index (χ3n) is 4.07. The molecule has 2 aliphatic rings. The Hall–Kier alpha value is -0.310. The molecule has 2 nitrogen and oxygen atoms in total. The topological polar surface area (TPSA) is 29.5 Å². The molecule has 1 aliphatic heterocycles. The van der Waals surface area contributed by atoms with Crippen LogP contribution in [0.3, 0.4) is 0 Å². The van der Waals surface area contributed by atoms with E-state index in [4.69, 9.17) is 16.3 Å². The maximum absolute atomic E-state index is 9.94. The van der Waals surface area contributed by atoms with E-state index in [0.717, 1.165) is 37.1 Å². The van der Waals surface area contributed by atoms with E-state index in [-0.39, 0.29) is 18.3 Å². The molecule has 0 amide bonds. The fourth-order valence-electron chi connectivity index (χ4n) is 2.84. The first kappa shape index (κ1) is 14.1. The lowest BCUT2D eigenvalue weighted by molar-refractivity contribution is -0.0824. The first-order valence-corrected chi connectivity index (χ1v) is 7.41. The summed E-state index contributed by atoms with van der Waals surface area (Å²) in [5.74, 6) is 0.425. The van der Waals surface area contributed by atoms with E-state index in [1.165, 1.54) is 5.57 Å². The summed E-state index contributed by atoms with van der Waals surface area (Å²) in [6, 6.07) is 0. The Balaban J connectivity index is 2.07. The highest BCUT2D eigenvalue weighted by molar-refractivity contribution is 6.30. The predicted molar refractivity (Wildman–Crippen MR) is 74.6 cm³/mol. The number of aliphatic hydroxyl groups excluding tert-OH is 1. The van der Waals surface area contributed by atoms with Crippen molar-refractivity contribution in [2.24, 2.45) is 5.92 Å². The van der Waals surface area contributed by atoms with Gasteiger partial charge in [0.15, 0.2) is 0 Å². The summed E-state index contributed by atoms with van der Waals surface area (Å²) in [5.41, 5.74) is 1.29. The van der Waals surface area contributed by atoms with Crippen LogP contribution in [-0.2, 0) is 4.74 Å². The van der Waals surface area contributed by atoms with E-state index in [9.17, 15) is 5.11 Å². The SMILES string of the molecule is CCC1CC(O)CC(C2=CC=C(Cl)C(CC)C2)O1. The maximum atomic E-state index is 9.94. The van der Waals surface area contributed by atoms with Crippen LogP contribution in [0.5, 0.6) is 0 Å². The van der Waals surface area contributed by atoms with Crippen molar-refractivity contribution in [3.8, 4) is 0 Å². The molecule has 1 N–H and O–H groups in total. The van der Waals surface area contributed by atoms with Crippen molar-refractivity contribution >= 4 is 11.6 Å². The zero-order valence-electron chi connectivity index (χ0n) is 11.2.